The largest absolute Gasteiger partial charge is 0.465 e. The number of pyridine rings is 1. The zero-order valence-corrected chi connectivity index (χ0v) is 11.4. The molecule has 0 radical (unpaired) electrons. The highest BCUT2D eigenvalue weighted by atomic mass is 16.4. The predicted octanol–water partition coefficient (Wildman–Crippen LogP) is 2.42. The molecular weight excluding hydrogens is 254 g/mol. The minimum Gasteiger partial charge on any atom is -0.465 e. The van der Waals surface area contributed by atoms with Crippen molar-refractivity contribution in [1.82, 2.24) is 9.88 Å². The van der Waals surface area contributed by atoms with Crippen molar-refractivity contribution in [2.45, 2.75) is 12.5 Å². The number of anilines is 1. The van der Waals surface area contributed by atoms with E-state index in [4.69, 9.17) is 5.11 Å². The van der Waals surface area contributed by atoms with Crippen LogP contribution in [0, 0.1) is 0 Å². The van der Waals surface area contributed by atoms with Gasteiger partial charge in [0.25, 0.3) is 0 Å². The third kappa shape index (κ3) is 2.27. The zero-order chi connectivity index (χ0) is 14.1. The first-order valence-electron chi connectivity index (χ1n) is 6.70. The minimum atomic E-state index is -0.830. The van der Waals surface area contributed by atoms with Crippen molar-refractivity contribution in [2.75, 3.05) is 25.0 Å². The highest BCUT2D eigenvalue weighted by molar-refractivity contribution is 5.82. The molecule has 3 rings (SSSR count). The van der Waals surface area contributed by atoms with Crippen molar-refractivity contribution in [1.29, 1.82) is 0 Å². The summed E-state index contributed by atoms with van der Waals surface area (Å²) in [4.78, 5) is 18.9. The van der Waals surface area contributed by atoms with E-state index in [1.807, 2.05) is 31.3 Å². The Labute approximate surface area is 117 Å². The Hall–Kier alpha value is -2.30. The van der Waals surface area contributed by atoms with Crippen LogP contribution in [0.15, 0.2) is 36.5 Å². The number of likely N-dealkylation sites (tertiary alicyclic amines) is 1. The first-order valence-corrected chi connectivity index (χ1v) is 6.70. The fourth-order valence-electron chi connectivity index (χ4n) is 2.72. The molecule has 1 unspecified atom stereocenters. The molecule has 104 valence electrons. The van der Waals surface area contributed by atoms with Gasteiger partial charge in [-0.1, -0.05) is 6.07 Å². The van der Waals surface area contributed by atoms with Crippen LogP contribution in [0.3, 0.4) is 0 Å². The van der Waals surface area contributed by atoms with Gasteiger partial charge in [-0.3, -0.25) is 4.98 Å². The summed E-state index contributed by atoms with van der Waals surface area (Å²) in [6.07, 6.45) is 1.82. The second kappa shape index (κ2) is 5.00. The zero-order valence-electron chi connectivity index (χ0n) is 11.4. The Kier molecular flexibility index (Phi) is 3.18. The minimum absolute atomic E-state index is 0.236. The third-order valence-electron chi connectivity index (χ3n) is 3.98. The number of rotatable bonds is 2. The Balaban J connectivity index is 1.82. The standard InChI is InChI=1S/C15H17N3O2/c1-17(13-6-8-18(10-13)15(19)20)12-4-5-14-11(9-12)3-2-7-16-14/h2-5,7,9,13H,6,8,10H2,1H3,(H,19,20). The maximum Gasteiger partial charge on any atom is 0.407 e. The Bertz CT molecular complexity index is 644. The molecule has 5 nitrogen and oxygen atoms in total. The van der Waals surface area contributed by atoms with E-state index in [1.54, 1.807) is 6.20 Å². The van der Waals surface area contributed by atoms with E-state index in [2.05, 4.69) is 16.0 Å². The third-order valence-corrected chi connectivity index (χ3v) is 3.98. The molecule has 1 aliphatic rings. The molecule has 2 aromatic rings. The van der Waals surface area contributed by atoms with Gasteiger partial charge in [0.1, 0.15) is 0 Å². The van der Waals surface area contributed by atoms with Crippen LogP contribution in [0.4, 0.5) is 10.5 Å². The Morgan fingerprint density at radius 3 is 3.05 bits per heavy atom. The second-order valence-corrected chi connectivity index (χ2v) is 5.16. The van der Waals surface area contributed by atoms with E-state index < -0.39 is 6.09 Å². The lowest BCUT2D eigenvalue weighted by molar-refractivity contribution is 0.155. The van der Waals surface area contributed by atoms with Gasteiger partial charge in [-0.25, -0.2) is 4.79 Å². The normalized spacial score (nSPS) is 18.4. The van der Waals surface area contributed by atoms with Crippen molar-refractivity contribution < 1.29 is 9.90 Å². The molecule has 1 aliphatic heterocycles. The highest BCUT2D eigenvalue weighted by Gasteiger charge is 2.28. The van der Waals surface area contributed by atoms with E-state index in [0.717, 1.165) is 23.0 Å². The van der Waals surface area contributed by atoms with Gasteiger partial charge in [0, 0.05) is 43.4 Å². The molecule has 2 heterocycles. The molecule has 1 aromatic carbocycles. The second-order valence-electron chi connectivity index (χ2n) is 5.16. The monoisotopic (exact) mass is 271 g/mol. The summed E-state index contributed by atoms with van der Waals surface area (Å²) in [5.74, 6) is 0. The van der Waals surface area contributed by atoms with Crippen LogP contribution in [0.1, 0.15) is 6.42 Å². The topological polar surface area (TPSA) is 56.7 Å². The molecule has 1 saturated heterocycles. The van der Waals surface area contributed by atoms with Gasteiger partial charge in [-0.2, -0.15) is 0 Å². The number of amides is 1. The number of nitrogens with zero attached hydrogens (tertiary/aromatic N) is 3. The molecule has 5 heteroatoms. The molecule has 0 bridgehead atoms. The molecule has 1 aromatic heterocycles. The van der Waals surface area contributed by atoms with E-state index in [-0.39, 0.29) is 6.04 Å². The molecular formula is C15H17N3O2. The molecule has 1 fully saturated rings. The number of carboxylic acid groups (broad SMARTS) is 1. The van der Waals surface area contributed by atoms with E-state index in [9.17, 15) is 4.79 Å². The lowest BCUT2D eigenvalue weighted by Crippen LogP contribution is -2.36. The van der Waals surface area contributed by atoms with E-state index in [1.165, 1.54) is 4.90 Å². The van der Waals surface area contributed by atoms with Crippen LogP contribution >= 0.6 is 0 Å². The fourth-order valence-corrected chi connectivity index (χ4v) is 2.72. The number of carbonyl (C=O) groups is 1. The summed E-state index contributed by atoms with van der Waals surface area (Å²) in [7, 11) is 2.02. The van der Waals surface area contributed by atoms with Gasteiger partial charge < -0.3 is 14.9 Å². The van der Waals surface area contributed by atoms with Gasteiger partial charge in [0.15, 0.2) is 0 Å². The predicted molar refractivity (Wildman–Crippen MR) is 78.1 cm³/mol. The van der Waals surface area contributed by atoms with Crippen LogP contribution in [0.5, 0.6) is 0 Å². The van der Waals surface area contributed by atoms with Crippen molar-refractivity contribution >= 4 is 22.7 Å². The van der Waals surface area contributed by atoms with Gasteiger partial charge in [0.2, 0.25) is 0 Å². The lowest BCUT2D eigenvalue weighted by atomic mass is 10.1. The van der Waals surface area contributed by atoms with E-state index in [0.29, 0.717) is 13.1 Å². The summed E-state index contributed by atoms with van der Waals surface area (Å²) >= 11 is 0. The van der Waals surface area contributed by atoms with Gasteiger partial charge >= 0.3 is 6.09 Å². The number of likely N-dealkylation sites (N-methyl/N-ethyl adjacent to an activating group) is 1. The Morgan fingerprint density at radius 2 is 2.30 bits per heavy atom. The lowest BCUT2D eigenvalue weighted by Gasteiger charge is -2.26. The van der Waals surface area contributed by atoms with Gasteiger partial charge in [-0.15, -0.1) is 0 Å². The quantitative estimate of drug-likeness (QED) is 0.911. The molecule has 0 saturated carbocycles. The molecule has 1 N–H and O–H groups in total. The Morgan fingerprint density at radius 1 is 1.45 bits per heavy atom. The van der Waals surface area contributed by atoms with Crippen LogP contribution in [0.2, 0.25) is 0 Å². The fraction of sp³-hybridized carbons (Fsp3) is 0.333. The average molecular weight is 271 g/mol. The van der Waals surface area contributed by atoms with Crippen molar-refractivity contribution in [3.8, 4) is 0 Å². The molecule has 20 heavy (non-hydrogen) atoms. The smallest absolute Gasteiger partial charge is 0.407 e. The van der Waals surface area contributed by atoms with E-state index >= 15 is 0 Å². The van der Waals surface area contributed by atoms with Crippen LogP contribution < -0.4 is 4.90 Å². The molecule has 1 atom stereocenters. The number of hydrogen-bond donors (Lipinski definition) is 1. The van der Waals surface area contributed by atoms with Crippen LogP contribution in [0.25, 0.3) is 10.9 Å². The maximum atomic E-state index is 11.0. The maximum absolute atomic E-state index is 11.0. The first kappa shape index (κ1) is 12.7. The van der Waals surface area contributed by atoms with Gasteiger partial charge in [-0.05, 0) is 30.7 Å². The summed E-state index contributed by atoms with van der Waals surface area (Å²) in [5, 5.41) is 10.1. The van der Waals surface area contributed by atoms with Crippen LogP contribution in [-0.2, 0) is 0 Å². The molecule has 0 aliphatic carbocycles. The van der Waals surface area contributed by atoms with Crippen LogP contribution in [-0.4, -0.2) is 47.3 Å². The van der Waals surface area contributed by atoms with Crippen molar-refractivity contribution in [2.24, 2.45) is 0 Å². The van der Waals surface area contributed by atoms with Crippen molar-refractivity contribution in [3.05, 3.63) is 36.5 Å². The SMILES string of the molecule is CN(c1ccc2ncccc2c1)C1CCN(C(=O)O)C1. The number of hydrogen-bond acceptors (Lipinski definition) is 3. The van der Waals surface area contributed by atoms with Crippen molar-refractivity contribution in [3.63, 3.8) is 0 Å². The summed E-state index contributed by atoms with van der Waals surface area (Å²) in [5.41, 5.74) is 2.07. The number of aromatic nitrogens is 1. The number of fused-ring (bicyclic) bond motifs is 1. The number of benzene rings is 1. The summed E-state index contributed by atoms with van der Waals surface area (Å²) in [6.45, 7) is 1.18. The highest BCUT2D eigenvalue weighted by Crippen LogP contribution is 2.24. The average Bonchev–Trinajstić information content (AvgIpc) is 2.96. The summed E-state index contributed by atoms with van der Waals surface area (Å²) < 4.78 is 0. The van der Waals surface area contributed by atoms with Gasteiger partial charge in [0.05, 0.1) is 5.52 Å². The summed E-state index contributed by atoms with van der Waals surface area (Å²) in [6, 6.07) is 10.3. The first-order chi connectivity index (χ1) is 9.65. The molecule has 0 spiro atoms. The molecule has 1 amide bonds.